The number of piperidine rings is 1. The van der Waals surface area contributed by atoms with Crippen LogP contribution in [0.1, 0.15) is 51.2 Å². The number of phenols is 1. The molecule has 4 atom stereocenters. The quantitative estimate of drug-likeness (QED) is 0.895. The summed E-state index contributed by atoms with van der Waals surface area (Å²) in [7, 11) is 0. The van der Waals surface area contributed by atoms with E-state index in [1.54, 1.807) is 0 Å². The summed E-state index contributed by atoms with van der Waals surface area (Å²) in [4.78, 5) is 2.81. The summed E-state index contributed by atoms with van der Waals surface area (Å²) in [6.45, 7) is 8.52. The lowest BCUT2D eigenvalue weighted by molar-refractivity contribution is 0.000427. The summed E-state index contributed by atoms with van der Waals surface area (Å²) in [5, 5.41) is 9.90. The minimum absolute atomic E-state index is 0.233. The van der Waals surface area contributed by atoms with Gasteiger partial charge in [-0.25, -0.2) is 0 Å². The van der Waals surface area contributed by atoms with Gasteiger partial charge in [0.1, 0.15) is 5.75 Å². The fraction of sp³-hybridized carbons (Fsp3) is 0.684. The van der Waals surface area contributed by atoms with Gasteiger partial charge in [-0.05, 0) is 79.7 Å². The number of hydrogen-bond acceptors (Lipinski definition) is 2. The first kappa shape index (κ1) is 13.6. The second kappa shape index (κ2) is 4.49. The van der Waals surface area contributed by atoms with Crippen molar-refractivity contribution in [2.75, 3.05) is 6.54 Å². The molecule has 2 nitrogen and oxygen atoms in total. The lowest BCUT2D eigenvalue weighted by Crippen LogP contribution is -2.60. The van der Waals surface area contributed by atoms with Crippen molar-refractivity contribution in [2.24, 2.45) is 11.8 Å². The number of rotatable bonds is 2. The Labute approximate surface area is 128 Å². The van der Waals surface area contributed by atoms with E-state index in [1.165, 1.54) is 36.9 Å². The smallest absolute Gasteiger partial charge is 0.115 e. The molecule has 1 saturated carbocycles. The van der Waals surface area contributed by atoms with Gasteiger partial charge in [0.05, 0.1) is 0 Å². The van der Waals surface area contributed by atoms with Crippen LogP contribution in [0.15, 0.2) is 18.2 Å². The molecule has 2 heteroatoms. The molecule has 0 aromatic heterocycles. The van der Waals surface area contributed by atoms with E-state index in [-0.39, 0.29) is 5.41 Å². The van der Waals surface area contributed by atoms with Gasteiger partial charge in [0.2, 0.25) is 0 Å². The first-order chi connectivity index (χ1) is 10.0. The summed E-state index contributed by atoms with van der Waals surface area (Å²) < 4.78 is 0. The molecule has 0 radical (unpaired) electrons. The highest BCUT2D eigenvalue weighted by molar-refractivity contribution is 5.44. The molecule has 4 rings (SSSR count). The van der Waals surface area contributed by atoms with Crippen molar-refractivity contribution in [1.29, 1.82) is 0 Å². The first-order valence-electron chi connectivity index (χ1n) is 8.59. The largest absolute Gasteiger partial charge is 0.508 e. The molecule has 2 fully saturated rings. The molecule has 1 N–H and O–H groups in total. The molecular formula is C19H27NO. The van der Waals surface area contributed by atoms with Crippen LogP contribution in [0.5, 0.6) is 5.75 Å². The van der Waals surface area contributed by atoms with Gasteiger partial charge in [-0.15, -0.1) is 0 Å². The predicted octanol–water partition coefficient (Wildman–Crippen LogP) is 3.71. The van der Waals surface area contributed by atoms with Crippen LogP contribution in [-0.4, -0.2) is 28.6 Å². The Morgan fingerprint density at radius 1 is 1.33 bits per heavy atom. The highest BCUT2D eigenvalue weighted by Crippen LogP contribution is 2.51. The normalized spacial score (nSPS) is 37.1. The molecule has 21 heavy (non-hydrogen) atoms. The molecule has 2 bridgehead atoms. The van der Waals surface area contributed by atoms with Crippen LogP contribution < -0.4 is 0 Å². The minimum atomic E-state index is 0.233. The second-order valence-corrected chi connectivity index (χ2v) is 7.88. The lowest BCUT2D eigenvalue weighted by atomic mass is 9.58. The van der Waals surface area contributed by atoms with Gasteiger partial charge in [0.15, 0.2) is 0 Å². The van der Waals surface area contributed by atoms with Crippen molar-refractivity contribution in [3.05, 3.63) is 29.3 Å². The Kier molecular flexibility index (Phi) is 2.91. The second-order valence-electron chi connectivity index (χ2n) is 7.88. The first-order valence-corrected chi connectivity index (χ1v) is 8.59. The van der Waals surface area contributed by atoms with Crippen LogP contribution >= 0.6 is 0 Å². The number of aromatic hydroxyl groups is 1. The zero-order valence-electron chi connectivity index (χ0n) is 13.5. The molecule has 114 valence electrons. The van der Waals surface area contributed by atoms with Crippen molar-refractivity contribution in [3.63, 3.8) is 0 Å². The Morgan fingerprint density at radius 2 is 2.10 bits per heavy atom. The molecule has 0 amide bonds. The highest BCUT2D eigenvalue weighted by atomic mass is 16.3. The molecule has 1 aliphatic heterocycles. The number of benzene rings is 1. The average Bonchev–Trinajstić information content (AvgIpc) is 3.28. The van der Waals surface area contributed by atoms with Crippen molar-refractivity contribution in [3.8, 4) is 5.75 Å². The third-order valence-electron chi connectivity index (χ3n) is 6.86. The highest BCUT2D eigenvalue weighted by Gasteiger charge is 2.50. The van der Waals surface area contributed by atoms with Crippen molar-refractivity contribution in [2.45, 2.75) is 64.0 Å². The van der Waals surface area contributed by atoms with Crippen LogP contribution in [0, 0.1) is 11.8 Å². The molecule has 3 aliphatic rings. The lowest BCUT2D eigenvalue weighted by Gasteiger charge is -2.56. The SMILES string of the molecule is C[C@@H](C1CC1)N1CC[C@@]2(C)c3cc(O)ccc3CC1[C@@H]2C. The number of phenolic OH excluding ortho intramolecular Hbond substituents is 1. The Morgan fingerprint density at radius 3 is 2.81 bits per heavy atom. The fourth-order valence-corrected chi connectivity index (χ4v) is 5.00. The van der Waals surface area contributed by atoms with E-state index < -0.39 is 0 Å². The molecule has 2 aliphatic carbocycles. The predicted molar refractivity (Wildman–Crippen MR) is 85.6 cm³/mol. The number of nitrogens with zero attached hydrogens (tertiary/aromatic N) is 1. The average molecular weight is 285 g/mol. The van der Waals surface area contributed by atoms with Gasteiger partial charge < -0.3 is 5.11 Å². The van der Waals surface area contributed by atoms with E-state index in [0.717, 1.165) is 18.4 Å². The topological polar surface area (TPSA) is 23.5 Å². The third-order valence-corrected chi connectivity index (χ3v) is 6.86. The molecule has 1 unspecified atom stereocenters. The summed E-state index contributed by atoms with van der Waals surface area (Å²) in [5.41, 5.74) is 3.10. The van der Waals surface area contributed by atoms with E-state index in [4.69, 9.17) is 0 Å². The molecular weight excluding hydrogens is 258 g/mol. The van der Waals surface area contributed by atoms with Gasteiger partial charge >= 0.3 is 0 Å². The summed E-state index contributed by atoms with van der Waals surface area (Å²) in [6.07, 6.45) is 5.24. The van der Waals surface area contributed by atoms with Crippen molar-refractivity contribution >= 4 is 0 Å². The maximum absolute atomic E-state index is 9.90. The molecule has 1 heterocycles. The van der Waals surface area contributed by atoms with E-state index in [2.05, 4.69) is 31.7 Å². The van der Waals surface area contributed by atoms with Gasteiger partial charge in [-0.3, -0.25) is 4.90 Å². The summed E-state index contributed by atoms with van der Waals surface area (Å²) in [6, 6.07) is 7.48. The van der Waals surface area contributed by atoms with Crippen LogP contribution in [-0.2, 0) is 11.8 Å². The summed E-state index contributed by atoms with van der Waals surface area (Å²) in [5.74, 6) is 2.04. The van der Waals surface area contributed by atoms with Crippen LogP contribution in [0.3, 0.4) is 0 Å². The molecule has 1 aromatic rings. The number of hydrogen-bond donors (Lipinski definition) is 1. The molecule has 1 saturated heterocycles. The van der Waals surface area contributed by atoms with Gasteiger partial charge in [-0.1, -0.05) is 19.9 Å². The minimum Gasteiger partial charge on any atom is -0.508 e. The molecule has 1 aromatic carbocycles. The van der Waals surface area contributed by atoms with E-state index >= 15 is 0 Å². The zero-order chi connectivity index (χ0) is 14.8. The van der Waals surface area contributed by atoms with E-state index in [9.17, 15) is 5.11 Å². The Bertz CT molecular complexity index is 565. The maximum Gasteiger partial charge on any atom is 0.115 e. The van der Waals surface area contributed by atoms with Gasteiger partial charge in [0, 0.05) is 12.1 Å². The van der Waals surface area contributed by atoms with Gasteiger partial charge in [0.25, 0.3) is 0 Å². The standard InChI is InChI=1S/C19H27NO/c1-12-18-10-15-6-7-16(21)11-17(15)19(12,3)8-9-20(18)13(2)14-4-5-14/h6-7,11-14,18,21H,4-5,8-10H2,1-3H3/t12-,13-,18?,19+/m0/s1. The van der Waals surface area contributed by atoms with Gasteiger partial charge in [-0.2, -0.15) is 0 Å². The van der Waals surface area contributed by atoms with Crippen molar-refractivity contribution < 1.29 is 5.11 Å². The maximum atomic E-state index is 9.90. The van der Waals surface area contributed by atoms with Crippen LogP contribution in [0.2, 0.25) is 0 Å². The number of fused-ring (bicyclic) bond motifs is 4. The van der Waals surface area contributed by atoms with E-state index in [0.29, 0.717) is 17.7 Å². The van der Waals surface area contributed by atoms with E-state index in [1.807, 2.05) is 12.1 Å². The van der Waals surface area contributed by atoms with Crippen LogP contribution in [0.4, 0.5) is 0 Å². The third kappa shape index (κ3) is 1.95. The Balaban J connectivity index is 1.73. The molecule has 0 spiro atoms. The summed E-state index contributed by atoms with van der Waals surface area (Å²) >= 11 is 0. The van der Waals surface area contributed by atoms with Crippen molar-refractivity contribution in [1.82, 2.24) is 4.90 Å². The fourth-order valence-electron chi connectivity index (χ4n) is 5.00. The zero-order valence-corrected chi connectivity index (χ0v) is 13.5. The Hall–Kier alpha value is -1.02. The van der Waals surface area contributed by atoms with Crippen LogP contribution in [0.25, 0.3) is 0 Å². The number of likely N-dealkylation sites (tertiary alicyclic amines) is 1. The monoisotopic (exact) mass is 285 g/mol.